The molecule has 0 aliphatic rings. The Hall–Kier alpha value is -1.52. The lowest BCUT2D eigenvalue weighted by Crippen LogP contribution is -1.94. The molecule has 3 rings (SSSR count). The van der Waals surface area contributed by atoms with Gasteiger partial charge in [0.2, 0.25) is 0 Å². The number of aromatic nitrogens is 2. The summed E-state index contributed by atoms with van der Waals surface area (Å²) in [6.07, 6.45) is 0.904. The molecule has 0 fully saturated rings. The van der Waals surface area contributed by atoms with Crippen molar-refractivity contribution < 1.29 is 4.39 Å². The maximum absolute atomic E-state index is 13.7. The Balaban J connectivity index is 2.27. The summed E-state index contributed by atoms with van der Waals surface area (Å²) in [5, 5.41) is 2.44. The first-order valence-corrected chi connectivity index (χ1v) is 7.15. The number of rotatable bonds is 2. The largest absolute Gasteiger partial charge is 0.227 e. The predicted molar refractivity (Wildman–Crippen MR) is 77.2 cm³/mol. The molecule has 0 aliphatic carbocycles. The highest BCUT2D eigenvalue weighted by Gasteiger charge is 2.14. The minimum atomic E-state index is -0.393. The third kappa shape index (κ3) is 2.11. The Morgan fingerprint density at radius 2 is 2.11 bits per heavy atom. The van der Waals surface area contributed by atoms with Gasteiger partial charge >= 0.3 is 0 Å². The highest BCUT2D eigenvalue weighted by molar-refractivity contribution is 7.13. The van der Waals surface area contributed by atoms with Crippen molar-refractivity contribution in [3.63, 3.8) is 0 Å². The van der Waals surface area contributed by atoms with E-state index in [4.69, 9.17) is 11.6 Å². The van der Waals surface area contributed by atoms with Crippen LogP contribution in [-0.4, -0.2) is 9.97 Å². The van der Waals surface area contributed by atoms with Gasteiger partial charge in [0.15, 0.2) is 5.82 Å². The molecule has 0 bridgehead atoms. The van der Waals surface area contributed by atoms with Crippen LogP contribution in [0.3, 0.4) is 0 Å². The van der Waals surface area contributed by atoms with E-state index in [1.807, 2.05) is 11.4 Å². The van der Waals surface area contributed by atoms with E-state index >= 15 is 0 Å². The van der Waals surface area contributed by atoms with Crippen LogP contribution in [0.15, 0.2) is 29.6 Å². The molecule has 0 unspecified atom stereocenters. The van der Waals surface area contributed by atoms with Crippen molar-refractivity contribution in [3.8, 4) is 10.7 Å². The molecular formula is C14H10ClFN2S. The summed E-state index contributed by atoms with van der Waals surface area (Å²) < 4.78 is 13.7. The zero-order valence-electron chi connectivity index (χ0n) is 10.2. The molecule has 2 aromatic heterocycles. The Kier molecular flexibility index (Phi) is 3.21. The molecule has 5 heteroatoms. The summed E-state index contributed by atoms with van der Waals surface area (Å²) in [5.74, 6) is 0.172. The smallest absolute Gasteiger partial charge is 0.171 e. The van der Waals surface area contributed by atoms with Gasteiger partial charge in [-0.25, -0.2) is 14.4 Å². The highest BCUT2D eigenvalue weighted by Crippen LogP contribution is 2.31. The second-order valence-corrected chi connectivity index (χ2v) is 5.37. The molecule has 0 N–H and O–H groups in total. The lowest BCUT2D eigenvalue weighted by atomic mass is 10.2. The van der Waals surface area contributed by atoms with Crippen molar-refractivity contribution in [3.05, 3.63) is 46.2 Å². The first-order valence-electron chi connectivity index (χ1n) is 5.89. The first-order chi connectivity index (χ1) is 9.20. The van der Waals surface area contributed by atoms with E-state index in [2.05, 4.69) is 16.9 Å². The minimum Gasteiger partial charge on any atom is -0.227 e. The Bertz CT molecular complexity index is 754. The molecule has 0 spiro atoms. The lowest BCUT2D eigenvalue weighted by Gasteiger charge is -2.05. The van der Waals surface area contributed by atoms with Crippen LogP contribution in [0.4, 0.5) is 4.39 Å². The fraction of sp³-hybridized carbons (Fsp3) is 0.143. The molecule has 0 saturated carbocycles. The third-order valence-corrected chi connectivity index (χ3v) is 4.19. The van der Waals surface area contributed by atoms with Crippen molar-refractivity contribution in [2.75, 3.05) is 0 Å². The lowest BCUT2D eigenvalue weighted by molar-refractivity contribution is 0.639. The second-order valence-electron chi connectivity index (χ2n) is 4.10. The summed E-state index contributed by atoms with van der Waals surface area (Å²) in [6, 6.07) is 6.78. The normalized spacial score (nSPS) is 11.1. The molecule has 0 radical (unpaired) electrons. The Morgan fingerprint density at radius 1 is 1.26 bits per heavy atom. The standard InChI is InChI=1S/C14H10ClFN2S/c1-2-8-6-7-19-12(8)14-17-10-5-3-4-9(16)11(10)13(15)18-14/h3-7H,2H2,1H3. The predicted octanol–water partition coefficient (Wildman–Crippen LogP) is 4.71. The molecule has 0 atom stereocenters. The van der Waals surface area contributed by atoms with Crippen LogP contribution in [-0.2, 0) is 6.42 Å². The van der Waals surface area contributed by atoms with E-state index in [1.165, 1.54) is 11.6 Å². The van der Waals surface area contributed by atoms with Gasteiger partial charge in [-0.1, -0.05) is 24.6 Å². The molecule has 0 aliphatic heterocycles. The SMILES string of the molecule is CCc1ccsc1-c1nc(Cl)c2c(F)cccc2n1. The van der Waals surface area contributed by atoms with Gasteiger partial charge in [-0.3, -0.25) is 0 Å². The molecular weight excluding hydrogens is 283 g/mol. The van der Waals surface area contributed by atoms with Gasteiger partial charge in [0.25, 0.3) is 0 Å². The maximum atomic E-state index is 13.7. The molecule has 0 amide bonds. The number of halogens is 2. The van der Waals surface area contributed by atoms with Crippen LogP contribution in [0, 0.1) is 5.82 Å². The zero-order valence-corrected chi connectivity index (χ0v) is 11.7. The van der Waals surface area contributed by atoms with Gasteiger partial charge in [0.1, 0.15) is 11.0 Å². The number of fused-ring (bicyclic) bond motifs is 1. The number of benzene rings is 1. The number of hydrogen-bond donors (Lipinski definition) is 0. The number of hydrogen-bond acceptors (Lipinski definition) is 3. The minimum absolute atomic E-state index is 0.161. The van der Waals surface area contributed by atoms with Crippen molar-refractivity contribution in [1.82, 2.24) is 9.97 Å². The molecule has 1 aromatic carbocycles. The summed E-state index contributed by atoms with van der Waals surface area (Å²) in [6.45, 7) is 2.08. The molecule has 3 aromatic rings. The molecule has 2 nitrogen and oxygen atoms in total. The fourth-order valence-electron chi connectivity index (χ4n) is 2.01. The van der Waals surface area contributed by atoms with E-state index < -0.39 is 5.82 Å². The van der Waals surface area contributed by atoms with E-state index in [0.29, 0.717) is 11.3 Å². The number of aryl methyl sites for hydroxylation is 1. The average molecular weight is 293 g/mol. The van der Waals surface area contributed by atoms with Gasteiger partial charge in [-0.15, -0.1) is 11.3 Å². The van der Waals surface area contributed by atoms with Crippen molar-refractivity contribution in [2.45, 2.75) is 13.3 Å². The zero-order chi connectivity index (χ0) is 13.4. The molecule has 19 heavy (non-hydrogen) atoms. The highest BCUT2D eigenvalue weighted by atomic mass is 35.5. The summed E-state index contributed by atoms with van der Waals surface area (Å²) in [5.41, 5.74) is 1.71. The van der Waals surface area contributed by atoms with E-state index in [9.17, 15) is 4.39 Å². The van der Waals surface area contributed by atoms with Gasteiger partial charge in [-0.05, 0) is 35.6 Å². The van der Waals surface area contributed by atoms with Crippen LogP contribution in [0.2, 0.25) is 5.15 Å². The van der Waals surface area contributed by atoms with Gasteiger partial charge in [-0.2, -0.15) is 0 Å². The number of nitrogens with zero attached hydrogens (tertiary/aromatic N) is 2. The molecule has 2 heterocycles. The monoisotopic (exact) mass is 292 g/mol. The van der Waals surface area contributed by atoms with Crippen LogP contribution in [0.1, 0.15) is 12.5 Å². The van der Waals surface area contributed by atoms with Crippen LogP contribution in [0.5, 0.6) is 0 Å². The van der Waals surface area contributed by atoms with Crippen molar-refractivity contribution in [2.24, 2.45) is 0 Å². The third-order valence-electron chi connectivity index (χ3n) is 2.96. The first kappa shape index (κ1) is 12.5. The topological polar surface area (TPSA) is 25.8 Å². The summed E-state index contributed by atoms with van der Waals surface area (Å²) in [4.78, 5) is 9.66. The van der Waals surface area contributed by atoms with Crippen LogP contribution >= 0.6 is 22.9 Å². The van der Waals surface area contributed by atoms with Crippen LogP contribution in [0.25, 0.3) is 21.6 Å². The van der Waals surface area contributed by atoms with E-state index in [1.54, 1.807) is 23.5 Å². The van der Waals surface area contributed by atoms with Gasteiger partial charge in [0.05, 0.1) is 15.8 Å². The summed E-state index contributed by atoms with van der Waals surface area (Å²) >= 11 is 7.66. The Labute approximate surface area is 118 Å². The van der Waals surface area contributed by atoms with E-state index in [0.717, 1.165) is 11.3 Å². The summed E-state index contributed by atoms with van der Waals surface area (Å²) in [7, 11) is 0. The molecule has 0 saturated heterocycles. The maximum Gasteiger partial charge on any atom is 0.171 e. The molecule has 96 valence electrons. The van der Waals surface area contributed by atoms with E-state index in [-0.39, 0.29) is 10.5 Å². The second kappa shape index (κ2) is 4.87. The fourth-order valence-corrected chi connectivity index (χ4v) is 3.21. The quantitative estimate of drug-likeness (QED) is 0.639. The Morgan fingerprint density at radius 3 is 2.89 bits per heavy atom. The van der Waals surface area contributed by atoms with Crippen molar-refractivity contribution in [1.29, 1.82) is 0 Å². The van der Waals surface area contributed by atoms with Crippen LogP contribution < -0.4 is 0 Å². The average Bonchev–Trinajstić information content (AvgIpc) is 2.86. The number of thiophene rings is 1. The van der Waals surface area contributed by atoms with Crippen molar-refractivity contribution >= 4 is 33.8 Å². The van der Waals surface area contributed by atoms with Gasteiger partial charge in [0, 0.05) is 0 Å². The van der Waals surface area contributed by atoms with Gasteiger partial charge < -0.3 is 0 Å².